The molecule has 4 rings (SSSR count). The van der Waals surface area contributed by atoms with Crippen LogP contribution in [0.1, 0.15) is 10.4 Å². The van der Waals surface area contributed by atoms with Gasteiger partial charge in [0.05, 0.1) is 25.2 Å². The van der Waals surface area contributed by atoms with Crippen LogP contribution in [-0.2, 0) is 0 Å². The Morgan fingerprint density at radius 1 is 0.900 bits per heavy atom. The number of benzene rings is 3. The van der Waals surface area contributed by atoms with Gasteiger partial charge in [-0.25, -0.2) is 0 Å². The molecule has 150 valence electrons. The molecule has 0 spiro atoms. The summed E-state index contributed by atoms with van der Waals surface area (Å²) in [7, 11) is 3.04. The van der Waals surface area contributed by atoms with E-state index in [1.807, 2.05) is 12.1 Å². The first-order chi connectivity index (χ1) is 14.6. The molecule has 0 saturated carbocycles. The van der Waals surface area contributed by atoms with E-state index in [0.29, 0.717) is 45.0 Å². The van der Waals surface area contributed by atoms with E-state index < -0.39 is 0 Å². The van der Waals surface area contributed by atoms with Crippen molar-refractivity contribution in [3.8, 4) is 22.8 Å². The molecule has 0 bridgehead atoms. The molecule has 1 N–H and O–H groups in total. The second-order valence-corrected chi connectivity index (χ2v) is 6.57. The average Bonchev–Trinajstić information content (AvgIpc) is 2.78. The number of rotatable bonds is 5. The fourth-order valence-corrected chi connectivity index (χ4v) is 3.18. The summed E-state index contributed by atoms with van der Waals surface area (Å²) in [4.78, 5) is 25.2. The number of carbonyl (C=O) groups excluding carboxylic acids is 1. The predicted octanol–water partition coefficient (Wildman–Crippen LogP) is 4.73. The molecule has 0 aliphatic rings. The van der Waals surface area contributed by atoms with Crippen molar-refractivity contribution in [1.82, 2.24) is 0 Å². The molecule has 1 aromatic heterocycles. The summed E-state index contributed by atoms with van der Waals surface area (Å²) in [5.74, 6) is 1.10. The maximum Gasteiger partial charge on any atom is 0.259 e. The maximum atomic E-state index is 12.8. The maximum absolute atomic E-state index is 12.8. The molecule has 0 fully saturated rings. The standard InChI is InChI=1S/C24H19NO5/c1-28-17-10-11-19(23(13-17)29-2)24(27)25-16-7-5-6-15(12-16)22-14-20(26)18-8-3-4-9-21(18)30-22/h3-14H,1-2H3,(H,25,27). The smallest absolute Gasteiger partial charge is 0.259 e. The minimum absolute atomic E-state index is 0.121. The van der Waals surface area contributed by atoms with Crippen LogP contribution in [0.4, 0.5) is 5.69 Å². The largest absolute Gasteiger partial charge is 0.497 e. The SMILES string of the molecule is COc1ccc(C(=O)Nc2cccc(-c3cc(=O)c4ccccc4o3)c2)c(OC)c1. The molecular formula is C24H19NO5. The van der Waals surface area contributed by atoms with Gasteiger partial charge < -0.3 is 19.2 Å². The number of ether oxygens (including phenoxy) is 2. The van der Waals surface area contributed by atoms with Crippen molar-refractivity contribution in [1.29, 1.82) is 0 Å². The van der Waals surface area contributed by atoms with Gasteiger partial charge in [0, 0.05) is 23.4 Å². The zero-order chi connectivity index (χ0) is 21.1. The highest BCUT2D eigenvalue weighted by Crippen LogP contribution is 2.27. The Kier molecular flexibility index (Phi) is 5.22. The lowest BCUT2D eigenvalue weighted by molar-refractivity contribution is 0.102. The van der Waals surface area contributed by atoms with Crippen molar-refractivity contribution in [3.63, 3.8) is 0 Å². The van der Waals surface area contributed by atoms with Crippen LogP contribution < -0.4 is 20.2 Å². The lowest BCUT2D eigenvalue weighted by Crippen LogP contribution is -2.13. The lowest BCUT2D eigenvalue weighted by atomic mass is 10.1. The molecule has 1 amide bonds. The number of hydrogen-bond acceptors (Lipinski definition) is 5. The third-order valence-electron chi connectivity index (χ3n) is 4.69. The van der Waals surface area contributed by atoms with Crippen molar-refractivity contribution >= 4 is 22.6 Å². The molecule has 1 heterocycles. The lowest BCUT2D eigenvalue weighted by Gasteiger charge is -2.11. The summed E-state index contributed by atoms with van der Waals surface area (Å²) in [6, 6.07) is 20.6. The number of carbonyl (C=O) groups is 1. The highest BCUT2D eigenvalue weighted by Gasteiger charge is 2.14. The van der Waals surface area contributed by atoms with Crippen LogP contribution in [0.25, 0.3) is 22.3 Å². The minimum Gasteiger partial charge on any atom is -0.497 e. The summed E-state index contributed by atoms with van der Waals surface area (Å²) < 4.78 is 16.4. The van der Waals surface area contributed by atoms with Crippen molar-refractivity contribution in [2.24, 2.45) is 0 Å². The van der Waals surface area contributed by atoms with E-state index in [4.69, 9.17) is 13.9 Å². The molecule has 3 aromatic carbocycles. The van der Waals surface area contributed by atoms with Crippen molar-refractivity contribution in [3.05, 3.63) is 88.6 Å². The van der Waals surface area contributed by atoms with Crippen LogP contribution in [0.2, 0.25) is 0 Å². The van der Waals surface area contributed by atoms with E-state index in [-0.39, 0.29) is 11.3 Å². The topological polar surface area (TPSA) is 77.8 Å². The molecule has 6 nitrogen and oxygen atoms in total. The summed E-state index contributed by atoms with van der Waals surface area (Å²) in [6.07, 6.45) is 0. The summed E-state index contributed by atoms with van der Waals surface area (Å²) >= 11 is 0. The zero-order valence-corrected chi connectivity index (χ0v) is 16.5. The normalized spacial score (nSPS) is 10.6. The fourth-order valence-electron chi connectivity index (χ4n) is 3.18. The van der Waals surface area contributed by atoms with Crippen LogP contribution in [0.5, 0.6) is 11.5 Å². The van der Waals surface area contributed by atoms with Gasteiger partial charge in [-0.05, 0) is 36.4 Å². The van der Waals surface area contributed by atoms with Crippen LogP contribution in [0.3, 0.4) is 0 Å². The van der Waals surface area contributed by atoms with Gasteiger partial charge in [-0.3, -0.25) is 9.59 Å². The first-order valence-corrected chi connectivity index (χ1v) is 9.26. The minimum atomic E-state index is -0.327. The third-order valence-corrected chi connectivity index (χ3v) is 4.69. The Labute approximate surface area is 172 Å². The molecule has 0 unspecified atom stereocenters. The Morgan fingerprint density at radius 3 is 2.53 bits per heavy atom. The molecule has 4 aromatic rings. The van der Waals surface area contributed by atoms with Crippen molar-refractivity contribution in [2.75, 3.05) is 19.5 Å². The van der Waals surface area contributed by atoms with E-state index >= 15 is 0 Å². The predicted molar refractivity (Wildman–Crippen MR) is 115 cm³/mol. The van der Waals surface area contributed by atoms with Gasteiger partial charge in [0.15, 0.2) is 5.43 Å². The molecule has 0 aliphatic heterocycles. The van der Waals surface area contributed by atoms with E-state index in [1.54, 1.807) is 61.7 Å². The number of fused-ring (bicyclic) bond motifs is 1. The number of para-hydroxylation sites is 1. The molecule has 30 heavy (non-hydrogen) atoms. The zero-order valence-electron chi connectivity index (χ0n) is 16.5. The summed E-state index contributed by atoms with van der Waals surface area (Å²) in [5.41, 5.74) is 2.01. The van der Waals surface area contributed by atoms with Gasteiger partial charge in [-0.15, -0.1) is 0 Å². The molecular weight excluding hydrogens is 382 g/mol. The highest BCUT2D eigenvalue weighted by atomic mass is 16.5. The Morgan fingerprint density at radius 2 is 1.73 bits per heavy atom. The first kappa shape index (κ1) is 19.3. The van der Waals surface area contributed by atoms with Gasteiger partial charge in [-0.2, -0.15) is 0 Å². The van der Waals surface area contributed by atoms with Gasteiger partial charge in [-0.1, -0.05) is 24.3 Å². The van der Waals surface area contributed by atoms with E-state index in [9.17, 15) is 9.59 Å². The van der Waals surface area contributed by atoms with Crippen LogP contribution in [-0.4, -0.2) is 20.1 Å². The van der Waals surface area contributed by atoms with Gasteiger partial charge >= 0.3 is 0 Å². The Hall–Kier alpha value is -4.06. The highest BCUT2D eigenvalue weighted by molar-refractivity contribution is 6.06. The van der Waals surface area contributed by atoms with E-state index in [1.165, 1.54) is 13.2 Å². The second-order valence-electron chi connectivity index (χ2n) is 6.57. The second kappa shape index (κ2) is 8.13. The summed E-state index contributed by atoms with van der Waals surface area (Å²) in [6.45, 7) is 0. The number of methoxy groups -OCH3 is 2. The van der Waals surface area contributed by atoms with E-state index in [2.05, 4.69) is 5.32 Å². The quantitative estimate of drug-likeness (QED) is 0.523. The first-order valence-electron chi connectivity index (χ1n) is 9.26. The Balaban J connectivity index is 1.65. The number of amides is 1. The molecule has 0 aliphatic carbocycles. The third kappa shape index (κ3) is 3.75. The van der Waals surface area contributed by atoms with Gasteiger partial charge in [0.25, 0.3) is 5.91 Å². The molecule has 0 radical (unpaired) electrons. The van der Waals surface area contributed by atoms with Crippen LogP contribution >= 0.6 is 0 Å². The van der Waals surface area contributed by atoms with Crippen molar-refractivity contribution < 1.29 is 18.7 Å². The van der Waals surface area contributed by atoms with Crippen LogP contribution in [0, 0.1) is 0 Å². The van der Waals surface area contributed by atoms with Gasteiger partial charge in [0.2, 0.25) is 0 Å². The van der Waals surface area contributed by atoms with Gasteiger partial charge in [0.1, 0.15) is 22.8 Å². The average molecular weight is 401 g/mol. The Bertz CT molecular complexity index is 1290. The van der Waals surface area contributed by atoms with Crippen molar-refractivity contribution in [2.45, 2.75) is 0 Å². The molecule has 0 atom stereocenters. The van der Waals surface area contributed by atoms with E-state index in [0.717, 1.165) is 0 Å². The number of nitrogens with one attached hydrogen (secondary N) is 1. The number of anilines is 1. The number of hydrogen-bond donors (Lipinski definition) is 1. The molecule has 0 saturated heterocycles. The fraction of sp³-hybridized carbons (Fsp3) is 0.0833. The summed E-state index contributed by atoms with van der Waals surface area (Å²) in [5, 5.41) is 3.38. The molecule has 6 heteroatoms. The van der Waals surface area contributed by atoms with Crippen LogP contribution in [0.15, 0.2) is 82.0 Å². The monoisotopic (exact) mass is 401 g/mol.